The molecule has 0 fully saturated rings. The number of allylic oxidation sites excluding steroid dienone is 4. The zero-order valence-electron chi connectivity index (χ0n) is 6.91. The van der Waals surface area contributed by atoms with Crippen molar-refractivity contribution in [3.05, 3.63) is 37.0 Å². The molecule has 0 bridgehead atoms. The molecule has 2 N–H and O–H groups in total. The standard InChI is InChI=1S/C9H14.H2O.Ru/c1-4-7-9(6-3)8-5-2;;/h4,6-7H,1,3,5,8H2,2H3;1H2;/b9-7+;;. The molecule has 0 aromatic carbocycles. The molecule has 0 heterocycles. The largest absolute Gasteiger partial charge is 0.412 e. The third-order valence-corrected chi connectivity index (χ3v) is 1.13. The van der Waals surface area contributed by atoms with E-state index in [1.807, 2.05) is 12.2 Å². The maximum absolute atomic E-state index is 3.68. The fourth-order valence-corrected chi connectivity index (χ4v) is 0.693. The van der Waals surface area contributed by atoms with E-state index in [-0.39, 0.29) is 25.0 Å². The van der Waals surface area contributed by atoms with Crippen LogP contribution in [0.1, 0.15) is 19.8 Å². The van der Waals surface area contributed by atoms with Crippen molar-refractivity contribution < 1.29 is 25.0 Å². The molecule has 0 aliphatic carbocycles. The van der Waals surface area contributed by atoms with Gasteiger partial charge in [-0.25, -0.2) is 0 Å². The molecule has 0 aromatic rings. The molecule has 0 rings (SSSR count). The molecule has 0 saturated heterocycles. The van der Waals surface area contributed by atoms with Gasteiger partial charge in [0, 0.05) is 19.5 Å². The van der Waals surface area contributed by atoms with E-state index in [2.05, 4.69) is 20.1 Å². The summed E-state index contributed by atoms with van der Waals surface area (Å²) in [6, 6.07) is 0. The molecule has 0 atom stereocenters. The van der Waals surface area contributed by atoms with Crippen molar-refractivity contribution in [1.29, 1.82) is 0 Å². The van der Waals surface area contributed by atoms with Crippen molar-refractivity contribution >= 4 is 0 Å². The maximum Gasteiger partial charge on any atom is 0 e. The second kappa shape index (κ2) is 12.5. The Morgan fingerprint density at radius 2 is 1.91 bits per heavy atom. The first-order chi connectivity index (χ1) is 4.35. The van der Waals surface area contributed by atoms with Gasteiger partial charge >= 0.3 is 0 Å². The molecule has 11 heavy (non-hydrogen) atoms. The second-order valence-corrected chi connectivity index (χ2v) is 1.93. The zero-order valence-corrected chi connectivity index (χ0v) is 8.65. The van der Waals surface area contributed by atoms with Crippen molar-refractivity contribution in [1.82, 2.24) is 0 Å². The first-order valence-corrected chi connectivity index (χ1v) is 3.29. The van der Waals surface area contributed by atoms with Gasteiger partial charge in [-0.05, 0) is 12.0 Å². The Kier molecular flexibility index (Phi) is 19.3. The molecule has 1 nitrogen and oxygen atoms in total. The minimum absolute atomic E-state index is 0. The smallest absolute Gasteiger partial charge is 0 e. The van der Waals surface area contributed by atoms with Crippen molar-refractivity contribution in [3.63, 3.8) is 0 Å². The summed E-state index contributed by atoms with van der Waals surface area (Å²) in [5.41, 5.74) is 1.27. The van der Waals surface area contributed by atoms with Crippen LogP contribution in [0.2, 0.25) is 0 Å². The summed E-state index contributed by atoms with van der Waals surface area (Å²) < 4.78 is 0. The molecule has 66 valence electrons. The second-order valence-electron chi connectivity index (χ2n) is 1.93. The number of hydrogen-bond donors (Lipinski definition) is 0. The Hall–Kier alpha value is -0.197. The van der Waals surface area contributed by atoms with Gasteiger partial charge in [0.15, 0.2) is 0 Å². The van der Waals surface area contributed by atoms with E-state index < -0.39 is 0 Å². The van der Waals surface area contributed by atoms with Gasteiger partial charge in [-0.3, -0.25) is 0 Å². The summed E-state index contributed by atoms with van der Waals surface area (Å²) in [5, 5.41) is 0. The summed E-state index contributed by atoms with van der Waals surface area (Å²) in [5.74, 6) is 0. The Labute approximate surface area is 82.0 Å². The SMILES string of the molecule is C=C/C=C(\C=C)CCC.O.[Ru]. The average molecular weight is 241 g/mol. The van der Waals surface area contributed by atoms with Crippen molar-refractivity contribution in [2.45, 2.75) is 19.8 Å². The predicted molar refractivity (Wildman–Crippen MR) is 47.0 cm³/mol. The number of hydrogen-bond acceptors (Lipinski definition) is 0. The maximum atomic E-state index is 3.68. The van der Waals surface area contributed by atoms with Crippen LogP contribution >= 0.6 is 0 Å². The monoisotopic (exact) mass is 242 g/mol. The fourth-order valence-electron chi connectivity index (χ4n) is 0.693. The average Bonchev–Trinajstić information content (AvgIpc) is 1.88. The molecule has 0 amide bonds. The van der Waals surface area contributed by atoms with Crippen LogP contribution in [0.3, 0.4) is 0 Å². The predicted octanol–water partition coefficient (Wildman–Crippen LogP) is 2.26. The Balaban J connectivity index is -0.000000320. The van der Waals surface area contributed by atoms with Gasteiger partial charge in [0.05, 0.1) is 0 Å². The van der Waals surface area contributed by atoms with Crippen LogP contribution in [0, 0.1) is 0 Å². The Bertz CT molecular complexity index is 128. The molecular formula is C9H16ORu. The first-order valence-electron chi connectivity index (χ1n) is 3.29. The van der Waals surface area contributed by atoms with Gasteiger partial charge < -0.3 is 5.48 Å². The summed E-state index contributed by atoms with van der Waals surface area (Å²) in [6.07, 6.45) is 7.95. The van der Waals surface area contributed by atoms with E-state index in [0.717, 1.165) is 6.42 Å². The van der Waals surface area contributed by atoms with E-state index in [1.165, 1.54) is 12.0 Å². The first kappa shape index (κ1) is 17.1. The molecule has 0 aromatic heterocycles. The van der Waals surface area contributed by atoms with Gasteiger partial charge in [-0.2, -0.15) is 0 Å². The van der Waals surface area contributed by atoms with Crippen LogP contribution in [0.15, 0.2) is 37.0 Å². The molecule has 0 unspecified atom stereocenters. The summed E-state index contributed by atoms with van der Waals surface area (Å²) >= 11 is 0. The van der Waals surface area contributed by atoms with Crippen LogP contribution in [0.4, 0.5) is 0 Å². The van der Waals surface area contributed by atoms with Crippen LogP contribution in [0.5, 0.6) is 0 Å². The van der Waals surface area contributed by atoms with Crippen molar-refractivity contribution in [2.75, 3.05) is 0 Å². The Morgan fingerprint density at radius 1 is 1.36 bits per heavy atom. The van der Waals surface area contributed by atoms with Crippen LogP contribution in [-0.2, 0) is 19.5 Å². The molecule has 0 saturated carbocycles. The normalized spacial score (nSPS) is 9.00. The van der Waals surface area contributed by atoms with Gasteiger partial charge in [0.1, 0.15) is 0 Å². The van der Waals surface area contributed by atoms with Crippen LogP contribution in [-0.4, -0.2) is 5.48 Å². The quantitative estimate of drug-likeness (QED) is 0.534. The van der Waals surface area contributed by atoms with Crippen molar-refractivity contribution in [3.8, 4) is 0 Å². The van der Waals surface area contributed by atoms with Gasteiger partial charge in [-0.15, -0.1) is 0 Å². The van der Waals surface area contributed by atoms with E-state index in [9.17, 15) is 0 Å². The van der Waals surface area contributed by atoms with Crippen LogP contribution in [0.25, 0.3) is 0 Å². The van der Waals surface area contributed by atoms with Gasteiger partial charge in [0.2, 0.25) is 0 Å². The molecule has 0 aliphatic rings. The summed E-state index contributed by atoms with van der Waals surface area (Å²) in [6.45, 7) is 9.44. The van der Waals surface area contributed by atoms with Gasteiger partial charge in [0.25, 0.3) is 0 Å². The topological polar surface area (TPSA) is 31.5 Å². The van der Waals surface area contributed by atoms with E-state index >= 15 is 0 Å². The number of rotatable bonds is 4. The van der Waals surface area contributed by atoms with Gasteiger partial charge in [-0.1, -0.05) is 44.7 Å². The van der Waals surface area contributed by atoms with E-state index in [1.54, 1.807) is 6.08 Å². The summed E-state index contributed by atoms with van der Waals surface area (Å²) in [7, 11) is 0. The minimum atomic E-state index is 0. The molecule has 2 heteroatoms. The Morgan fingerprint density at radius 3 is 2.18 bits per heavy atom. The van der Waals surface area contributed by atoms with E-state index in [0.29, 0.717) is 0 Å². The summed E-state index contributed by atoms with van der Waals surface area (Å²) in [4.78, 5) is 0. The van der Waals surface area contributed by atoms with E-state index in [4.69, 9.17) is 0 Å². The molecule has 0 radical (unpaired) electrons. The third kappa shape index (κ3) is 9.80. The molecule has 0 aliphatic heterocycles. The third-order valence-electron chi connectivity index (χ3n) is 1.13. The molecular weight excluding hydrogens is 225 g/mol. The van der Waals surface area contributed by atoms with Crippen LogP contribution < -0.4 is 0 Å². The molecule has 0 spiro atoms. The van der Waals surface area contributed by atoms with Crippen molar-refractivity contribution in [2.24, 2.45) is 0 Å². The minimum Gasteiger partial charge on any atom is -0.412 e. The zero-order chi connectivity index (χ0) is 7.11. The fraction of sp³-hybridized carbons (Fsp3) is 0.333.